The van der Waals surface area contributed by atoms with E-state index in [1.54, 1.807) is 17.8 Å². The molecule has 0 saturated heterocycles. The topological polar surface area (TPSA) is 109 Å². The van der Waals surface area contributed by atoms with Gasteiger partial charge < -0.3 is 31.2 Å². The Bertz CT molecular complexity index is 1070. The van der Waals surface area contributed by atoms with Gasteiger partial charge in [0.15, 0.2) is 0 Å². The second-order valence-corrected chi connectivity index (χ2v) is 19.1. The smallest absolute Gasteiger partial charge is 0.237 e. The Balaban J connectivity index is 1.39. The van der Waals surface area contributed by atoms with Crippen molar-refractivity contribution < 1.29 is 8.98 Å². The van der Waals surface area contributed by atoms with E-state index in [0.717, 1.165) is 87.2 Å². The lowest BCUT2D eigenvalue weighted by Gasteiger charge is -2.59. The van der Waals surface area contributed by atoms with Gasteiger partial charge in [0.2, 0.25) is 5.91 Å². The van der Waals surface area contributed by atoms with Gasteiger partial charge in [-0.05, 0) is 157 Å². The quantitative estimate of drug-likeness (QED) is 0.0373. The standard InChI is InChI=1S/C42H80N6O2S/c1-31(2)12-8-13-32(3)36-17-18-37-35-16-15-33-30-34(19-21-41(33,4)38(35)20-22-42(36,37)5)48(51-50-29-11-24-44)27-9-14-39(45-25-10-23-43)40(49)46-26-28-47(6)7/h15,31-32,34-39,45H,8-14,16-30,43-44H2,1-7H3,(H,46,49). The lowest BCUT2D eigenvalue weighted by Crippen LogP contribution is -2.51. The molecule has 9 heteroatoms. The number of hydrogen-bond donors (Lipinski definition) is 4. The van der Waals surface area contributed by atoms with Gasteiger partial charge in [-0.25, -0.2) is 4.31 Å². The molecule has 8 nitrogen and oxygen atoms in total. The number of rotatable bonds is 23. The molecule has 4 aliphatic carbocycles. The lowest BCUT2D eigenvalue weighted by atomic mass is 9.47. The molecule has 0 bridgehead atoms. The van der Waals surface area contributed by atoms with Gasteiger partial charge in [-0.1, -0.05) is 65.5 Å². The van der Waals surface area contributed by atoms with Crippen molar-refractivity contribution in [2.45, 2.75) is 143 Å². The van der Waals surface area contributed by atoms with Crippen molar-refractivity contribution in [2.24, 2.45) is 57.8 Å². The van der Waals surface area contributed by atoms with E-state index >= 15 is 0 Å². The fourth-order valence-electron chi connectivity index (χ4n) is 11.1. The van der Waals surface area contributed by atoms with Gasteiger partial charge in [0.1, 0.15) is 0 Å². The number of allylic oxidation sites excluding steroid dienone is 1. The summed E-state index contributed by atoms with van der Waals surface area (Å²) >= 11 is 1.56. The largest absolute Gasteiger partial charge is 0.353 e. The molecule has 296 valence electrons. The second-order valence-electron chi connectivity index (χ2n) is 18.3. The van der Waals surface area contributed by atoms with Crippen molar-refractivity contribution >= 4 is 18.1 Å². The van der Waals surface area contributed by atoms with Crippen LogP contribution in [0.3, 0.4) is 0 Å². The van der Waals surface area contributed by atoms with Crippen LogP contribution in [0.15, 0.2) is 11.6 Å². The summed E-state index contributed by atoms with van der Waals surface area (Å²) in [6, 6.07) is 0.254. The van der Waals surface area contributed by atoms with E-state index in [4.69, 9.17) is 15.7 Å². The molecule has 9 unspecified atom stereocenters. The maximum Gasteiger partial charge on any atom is 0.237 e. The molecule has 0 aromatic carbocycles. The van der Waals surface area contributed by atoms with Crippen molar-refractivity contribution in [3.63, 3.8) is 0 Å². The van der Waals surface area contributed by atoms with Gasteiger partial charge in [0.25, 0.3) is 0 Å². The molecule has 1 amide bonds. The number of carbonyl (C=O) groups is 1. The monoisotopic (exact) mass is 733 g/mol. The Morgan fingerprint density at radius 3 is 2.45 bits per heavy atom. The zero-order chi connectivity index (χ0) is 37.0. The maximum absolute atomic E-state index is 13.2. The number of carbonyl (C=O) groups excluding carboxylic acids is 1. The fraction of sp³-hybridized carbons (Fsp3) is 0.929. The molecule has 0 aromatic rings. The highest BCUT2D eigenvalue weighted by molar-refractivity contribution is 7.92. The zero-order valence-electron chi connectivity index (χ0n) is 34.0. The van der Waals surface area contributed by atoms with Crippen LogP contribution in [0.2, 0.25) is 0 Å². The van der Waals surface area contributed by atoms with Crippen LogP contribution in [-0.4, -0.2) is 87.2 Å². The minimum atomic E-state index is -0.202. The van der Waals surface area contributed by atoms with Crippen LogP contribution in [-0.2, 0) is 8.98 Å². The Kier molecular flexibility index (Phi) is 17.6. The Morgan fingerprint density at radius 2 is 1.73 bits per heavy atom. The summed E-state index contributed by atoms with van der Waals surface area (Å²) in [7, 11) is 4.07. The van der Waals surface area contributed by atoms with E-state index in [1.165, 1.54) is 64.2 Å². The van der Waals surface area contributed by atoms with Gasteiger partial charge in [-0.15, -0.1) is 0 Å². The summed E-state index contributed by atoms with van der Waals surface area (Å²) in [5, 5.41) is 6.64. The van der Waals surface area contributed by atoms with E-state index in [2.05, 4.69) is 60.5 Å². The average Bonchev–Trinajstić information content (AvgIpc) is 3.45. The van der Waals surface area contributed by atoms with Gasteiger partial charge in [0.05, 0.1) is 24.9 Å². The summed E-state index contributed by atoms with van der Waals surface area (Å²) in [5.41, 5.74) is 14.2. The van der Waals surface area contributed by atoms with Gasteiger partial charge in [-0.3, -0.25) is 4.79 Å². The Labute approximate surface area is 318 Å². The molecule has 0 aromatic heterocycles. The molecule has 3 fully saturated rings. The summed E-state index contributed by atoms with van der Waals surface area (Å²) in [5.74, 6) is 5.29. The third-order valence-electron chi connectivity index (χ3n) is 14.1. The minimum Gasteiger partial charge on any atom is -0.353 e. The van der Waals surface area contributed by atoms with Crippen molar-refractivity contribution in [1.82, 2.24) is 19.8 Å². The number of nitrogens with zero attached hydrogens (tertiary/aromatic N) is 2. The Hall–Kier alpha value is -0.680. The molecule has 0 heterocycles. The van der Waals surface area contributed by atoms with Crippen molar-refractivity contribution in [2.75, 3.05) is 60.0 Å². The summed E-state index contributed by atoms with van der Waals surface area (Å²) < 4.78 is 8.67. The van der Waals surface area contributed by atoms with Crippen LogP contribution in [0.25, 0.3) is 0 Å². The number of nitrogens with one attached hydrogen (secondary N) is 2. The first-order valence-electron chi connectivity index (χ1n) is 21.3. The molecular formula is C42H80N6O2S. The molecule has 6 N–H and O–H groups in total. The van der Waals surface area contributed by atoms with Crippen molar-refractivity contribution in [1.29, 1.82) is 0 Å². The van der Waals surface area contributed by atoms with E-state index in [0.29, 0.717) is 43.1 Å². The normalized spacial score (nSPS) is 31.7. The molecule has 0 spiro atoms. The van der Waals surface area contributed by atoms with Crippen molar-refractivity contribution in [3.05, 3.63) is 11.6 Å². The first kappa shape index (κ1) is 43.1. The summed E-state index contributed by atoms with van der Waals surface area (Å²) in [4.78, 5) is 15.3. The first-order chi connectivity index (χ1) is 24.4. The third-order valence-corrected chi connectivity index (χ3v) is 15.0. The first-order valence-corrected chi connectivity index (χ1v) is 22.0. The molecule has 9 atom stereocenters. The summed E-state index contributed by atoms with van der Waals surface area (Å²) in [6.07, 6.45) is 21.1. The van der Waals surface area contributed by atoms with Gasteiger partial charge >= 0.3 is 0 Å². The molecular weight excluding hydrogens is 653 g/mol. The van der Waals surface area contributed by atoms with E-state index in [-0.39, 0.29) is 11.9 Å². The minimum absolute atomic E-state index is 0.0976. The predicted octanol–water partition coefficient (Wildman–Crippen LogP) is 7.39. The molecule has 4 rings (SSSR count). The highest BCUT2D eigenvalue weighted by Gasteiger charge is 2.59. The summed E-state index contributed by atoms with van der Waals surface area (Å²) in [6.45, 7) is 17.8. The second kappa shape index (κ2) is 20.8. The molecule has 0 aliphatic heterocycles. The van der Waals surface area contributed by atoms with Crippen LogP contribution in [0.4, 0.5) is 0 Å². The zero-order valence-corrected chi connectivity index (χ0v) is 34.8. The number of hydrogen-bond acceptors (Lipinski definition) is 8. The number of likely N-dealkylation sites (N-methyl/N-ethyl adjacent to an activating group) is 1. The lowest BCUT2D eigenvalue weighted by molar-refractivity contribution is -0.123. The van der Waals surface area contributed by atoms with Crippen molar-refractivity contribution in [3.8, 4) is 0 Å². The number of amides is 1. The van der Waals surface area contributed by atoms with Gasteiger partial charge in [-0.2, -0.15) is 0 Å². The number of fused-ring (bicyclic) bond motifs is 5. The highest BCUT2D eigenvalue weighted by Crippen LogP contribution is 2.67. The Morgan fingerprint density at radius 1 is 0.941 bits per heavy atom. The van der Waals surface area contributed by atoms with E-state index < -0.39 is 0 Å². The van der Waals surface area contributed by atoms with Crippen LogP contribution >= 0.6 is 12.2 Å². The number of nitrogens with two attached hydrogens (primary N) is 2. The SMILES string of the molecule is CC(C)CCCC(C)C1CCC2C3CC=C4CC(N(CCCC(NCCCN)C(=O)NCCN(C)C)SOCCCN)CCC4(C)C3CCC12C. The van der Waals surface area contributed by atoms with E-state index in [9.17, 15) is 4.79 Å². The molecule has 3 saturated carbocycles. The predicted molar refractivity (Wildman–Crippen MR) is 217 cm³/mol. The van der Waals surface area contributed by atoms with Crippen LogP contribution in [0.5, 0.6) is 0 Å². The van der Waals surface area contributed by atoms with Crippen LogP contribution in [0.1, 0.15) is 131 Å². The highest BCUT2D eigenvalue weighted by atomic mass is 32.2. The molecule has 51 heavy (non-hydrogen) atoms. The average molecular weight is 733 g/mol. The third kappa shape index (κ3) is 11.4. The van der Waals surface area contributed by atoms with E-state index in [1.807, 2.05) is 14.1 Å². The fourth-order valence-corrected chi connectivity index (χ4v) is 12.0. The molecule has 0 radical (unpaired) electrons. The van der Waals surface area contributed by atoms with Crippen LogP contribution in [0, 0.1) is 46.3 Å². The molecule has 4 aliphatic rings. The maximum atomic E-state index is 13.2. The van der Waals surface area contributed by atoms with Gasteiger partial charge in [0, 0.05) is 25.7 Å². The van der Waals surface area contributed by atoms with Crippen LogP contribution < -0.4 is 22.1 Å².